The molecule has 2 rings (SSSR count). The summed E-state index contributed by atoms with van der Waals surface area (Å²) >= 11 is 3.00. The summed E-state index contributed by atoms with van der Waals surface area (Å²) in [5, 5.41) is 13.9. The monoisotopic (exact) mass is 330 g/mol. The van der Waals surface area contributed by atoms with E-state index in [9.17, 15) is 14.0 Å². The highest BCUT2D eigenvalue weighted by atomic mass is 79.9. The van der Waals surface area contributed by atoms with Crippen molar-refractivity contribution in [3.8, 4) is 0 Å². The number of rotatable bonds is 3. The molecule has 1 saturated carbocycles. The van der Waals surface area contributed by atoms with Crippen molar-refractivity contribution in [2.75, 3.05) is 5.32 Å². The zero-order chi connectivity index (χ0) is 14.0. The van der Waals surface area contributed by atoms with Crippen LogP contribution in [0.1, 0.15) is 19.3 Å². The second kappa shape index (κ2) is 5.16. The Hall–Kier alpha value is -1.63. The van der Waals surface area contributed by atoms with Gasteiger partial charge in [0.25, 0.3) is 0 Å². The lowest BCUT2D eigenvalue weighted by molar-refractivity contribution is -0.148. The van der Waals surface area contributed by atoms with Gasteiger partial charge < -0.3 is 15.7 Å². The zero-order valence-corrected chi connectivity index (χ0v) is 11.5. The van der Waals surface area contributed by atoms with Crippen molar-refractivity contribution in [1.29, 1.82) is 0 Å². The van der Waals surface area contributed by atoms with Crippen LogP contribution < -0.4 is 10.6 Å². The molecule has 0 spiro atoms. The largest absolute Gasteiger partial charge is 0.480 e. The molecule has 19 heavy (non-hydrogen) atoms. The quantitative estimate of drug-likeness (QED) is 0.797. The number of aliphatic carboxylic acids is 1. The van der Waals surface area contributed by atoms with Crippen LogP contribution in [0, 0.1) is 5.82 Å². The van der Waals surface area contributed by atoms with Crippen molar-refractivity contribution in [2.24, 2.45) is 0 Å². The average molecular weight is 331 g/mol. The predicted octanol–water partition coefficient (Wildman–Crippen LogP) is 2.72. The lowest BCUT2D eigenvalue weighted by Gasteiger charge is -2.38. The molecular formula is C12H12BrFN2O3. The van der Waals surface area contributed by atoms with Gasteiger partial charge in [-0.3, -0.25) is 0 Å². The Balaban J connectivity index is 2.01. The summed E-state index contributed by atoms with van der Waals surface area (Å²) in [4.78, 5) is 22.8. The Labute approximate surface area is 117 Å². The SMILES string of the molecule is O=C(Nc1ccc(Br)c(F)c1)NC1(C(=O)O)CCC1. The number of carboxylic acid groups (broad SMARTS) is 1. The molecule has 1 aromatic carbocycles. The molecule has 0 unspecified atom stereocenters. The summed E-state index contributed by atoms with van der Waals surface area (Å²) in [7, 11) is 0. The van der Waals surface area contributed by atoms with Gasteiger partial charge in [0.1, 0.15) is 11.4 Å². The summed E-state index contributed by atoms with van der Waals surface area (Å²) < 4.78 is 13.6. The third-order valence-corrected chi connectivity index (χ3v) is 3.79. The van der Waals surface area contributed by atoms with E-state index in [1.54, 1.807) is 0 Å². The third kappa shape index (κ3) is 2.86. The van der Waals surface area contributed by atoms with Crippen LogP contribution in [0.3, 0.4) is 0 Å². The normalized spacial score (nSPS) is 16.3. The predicted molar refractivity (Wildman–Crippen MR) is 70.5 cm³/mol. The molecule has 1 aliphatic carbocycles. The number of carbonyl (C=O) groups is 2. The van der Waals surface area contributed by atoms with Crippen LogP contribution in [0.4, 0.5) is 14.9 Å². The number of benzene rings is 1. The van der Waals surface area contributed by atoms with Crippen LogP contribution in [0.15, 0.2) is 22.7 Å². The number of hydrogen-bond acceptors (Lipinski definition) is 2. The summed E-state index contributed by atoms with van der Waals surface area (Å²) in [6, 6.07) is 3.48. The number of carboxylic acids is 1. The lowest BCUT2D eigenvalue weighted by atomic mass is 9.77. The zero-order valence-electron chi connectivity index (χ0n) is 9.87. The minimum Gasteiger partial charge on any atom is -0.480 e. The Bertz CT molecular complexity index is 532. The van der Waals surface area contributed by atoms with Gasteiger partial charge in [-0.05, 0) is 53.4 Å². The van der Waals surface area contributed by atoms with Crippen LogP contribution in [-0.4, -0.2) is 22.6 Å². The molecule has 102 valence electrons. The molecule has 1 fully saturated rings. The molecule has 1 aromatic rings. The summed E-state index contributed by atoms with van der Waals surface area (Å²) in [6.45, 7) is 0. The van der Waals surface area contributed by atoms with E-state index in [1.807, 2.05) is 0 Å². The summed E-state index contributed by atoms with van der Waals surface area (Å²) in [6.07, 6.45) is 1.58. The minimum atomic E-state index is -1.18. The molecule has 7 heteroatoms. The van der Waals surface area contributed by atoms with E-state index in [0.29, 0.717) is 17.3 Å². The van der Waals surface area contributed by atoms with Crippen LogP contribution in [-0.2, 0) is 4.79 Å². The van der Waals surface area contributed by atoms with Gasteiger partial charge in [-0.25, -0.2) is 14.0 Å². The first-order valence-electron chi connectivity index (χ1n) is 5.70. The van der Waals surface area contributed by atoms with E-state index >= 15 is 0 Å². The number of anilines is 1. The molecule has 0 aromatic heterocycles. The van der Waals surface area contributed by atoms with E-state index in [1.165, 1.54) is 12.1 Å². The molecule has 0 heterocycles. The van der Waals surface area contributed by atoms with E-state index in [4.69, 9.17) is 5.11 Å². The van der Waals surface area contributed by atoms with Gasteiger partial charge in [0.2, 0.25) is 0 Å². The molecule has 0 saturated heterocycles. The van der Waals surface area contributed by atoms with Crippen LogP contribution >= 0.6 is 15.9 Å². The van der Waals surface area contributed by atoms with Crippen molar-refractivity contribution in [3.63, 3.8) is 0 Å². The summed E-state index contributed by atoms with van der Waals surface area (Å²) in [5.41, 5.74) is -0.920. The Morgan fingerprint density at radius 3 is 2.53 bits per heavy atom. The van der Waals surface area contributed by atoms with Crippen molar-refractivity contribution in [1.82, 2.24) is 5.32 Å². The Morgan fingerprint density at radius 2 is 2.05 bits per heavy atom. The number of nitrogens with one attached hydrogen (secondary N) is 2. The molecule has 0 bridgehead atoms. The topological polar surface area (TPSA) is 78.4 Å². The number of urea groups is 1. The molecule has 1 aliphatic rings. The first kappa shape index (κ1) is 13.8. The fourth-order valence-corrected chi connectivity index (χ4v) is 2.12. The highest BCUT2D eigenvalue weighted by Crippen LogP contribution is 2.32. The maximum absolute atomic E-state index is 13.3. The van der Waals surface area contributed by atoms with E-state index < -0.39 is 23.4 Å². The van der Waals surface area contributed by atoms with Gasteiger partial charge >= 0.3 is 12.0 Å². The van der Waals surface area contributed by atoms with Crippen LogP contribution in [0.25, 0.3) is 0 Å². The molecule has 5 nitrogen and oxygen atoms in total. The third-order valence-electron chi connectivity index (χ3n) is 3.15. The van der Waals surface area contributed by atoms with Crippen molar-refractivity contribution >= 4 is 33.6 Å². The molecular weight excluding hydrogens is 319 g/mol. The molecule has 0 radical (unpaired) electrons. The highest BCUT2D eigenvalue weighted by molar-refractivity contribution is 9.10. The number of halogens is 2. The van der Waals surface area contributed by atoms with Gasteiger partial charge in [-0.15, -0.1) is 0 Å². The molecule has 3 N–H and O–H groups in total. The molecule has 0 aliphatic heterocycles. The highest BCUT2D eigenvalue weighted by Gasteiger charge is 2.45. The van der Waals surface area contributed by atoms with Crippen molar-refractivity contribution < 1.29 is 19.1 Å². The van der Waals surface area contributed by atoms with Gasteiger partial charge in [-0.1, -0.05) is 0 Å². The fraction of sp³-hybridized carbons (Fsp3) is 0.333. The second-order valence-electron chi connectivity index (χ2n) is 4.45. The van der Waals surface area contributed by atoms with Crippen molar-refractivity contribution in [2.45, 2.75) is 24.8 Å². The first-order chi connectivity index (χ1) is 8.93. The van der Waals surface area contributed by atoms with E-state index in [0.717, 1.165) is 12.5 Å². The van der Waals surface area contributed by atoms with Gasteiger partial charge in [0.15, 0.2) is 0 Å². The fourth-order valence-electron chi connectivity index (χ4n) is 1.88. The smallest absolute Gasteiger partial charge is 0.329 e. The summed E-state index contributed by atoms with van der Waals surface area (Å²) in [5.74, 6) is -1.55. The van der Waals surface area contributed by atoms with E-state index in [2.05, 4.69) is 26.6 Å². The Kier molecular flexibility index (Phi) is 3.75. The first-order valence-corrected chi connectivity index (χ1v) is 6.50. The van der Waals surface area contributed by atoms with Crippen LogP contribution in [0.5, 0.6) is 0 Å². The van der Waals surface area contributed by atoms with Crippen molar-refractivity contribution in [3.05, 3.63) is 28.5 Å². The number of amides is 2. The minimum absolute atomic E-state index is 0.262. The van der Waals surface area contributed by atoms with Crippen LogP contribution in [0.2, 0.25) is 0 Å². The van der Waals surface area contributed by atoms with Gasteiger partial charge in [0, 0.05) is 5.69 Å². The average Bonchev–Trinajstić information content (AvgIpc) is 2.28. The van der Waals surface area contributed by atoms with Gasteiger partial charge in [0.05, 0.1) is 4.47 Å². The standard InChI is InChI=1S/C12H12BrFN2O3/c13-8-3-2-7(6-9(8)14)15-11(19)16-12(10(17)18)4-1-5-12/h2-3,6H,1,4-5H2,(H,17,18)(H2,15,16,19). The number of carbonyl (C=O) groups excluding carboxylic acids is 1. The maximum atomic E-state index is 13.3. The molecule has 2 amide bonds. The Morgan fingerprint density at radius 1 is 1.37 bits per heavy atom. The maximum Gasteiger partial charge on any atom is 0.329 e. The van der Waals surface area contributed by atoms with Gasteiger partial charge in [-0.2, -0.15) is 0 Å². The second-order valence-corrected chi connectivity index (χ2v) is 5.30. The van der Waals surface area contributed by atoms with E-state index in [-0.39, 0.29) is 5.69 Å². The molecule has 0 atom stereocenters. The number of hydrogen-bond donors (Lipinski definition) is 3. The lowest BCUT2D eigenvalue weighted by Crippen LogP contribution is -2.60.